The molecule has 0 fully saturated rings. The van der Waals surface area contributed by atoms with E-state index < -0.39 is 0 Å². The molecule has 0 spiro atoms. The minimum atomic E-state index is 0.993. The summed E-state index contributed by atoms with van der Waals surface area (Å²) in [5.41, 5.74) is 0. The van der Waals surface area contributed by atoms with Crippen LogP contribution >= 0.6 is 11.8 Å². The Labute approximate surface area is 47.1 Å². The molecule has 7 heavy (non-hydrogen) atoms. The molecule has 1 rings (SSSR count). The molecule has 1 aliphatic rings. The Hall–Kier alpha value is -0.370. The predicted octanol–water partition coefficient (Wildman–Crippen LogP) is 1.54. The average Bonchev–Trinajstić information content (AvgIpc) is 1.90. The van der Waals surface area contributed by atoms with Gasteiger partial charge in [0.25, 0.3) is 0 Å². The number of hydrogen-bond acceptors (Lipinski definition) is 2. The van der Waals surface area contributed by atoms with Crippen LogP contribution < -0.4 is 0 Å². The number of rotatable bonds is 0. The molecular formula is C5H5OS. The lowest BCUT2D eigenvalue weighted by Gasteiger charge is -1.76. The summed E-state index contributed by atoms with van der Waals surface area (Å²) in [6.45, 7) is 0. The van der Waals surface area contributed by atoms with Gasteiger partial charge in [0.15, 0.2) is 6.26 Å². The van der Waals surface area contributed by atoms with Gasteiger partial charge in [-0.2, -0.15) is 0 Å². The van der Waals surface area contributed by atoms with Crippen LogP contribution in [0.3, 0.4) is 0 Å². The van der Waals surface area contributed by atoms with Crippen LogP contribution in [-0.2, 0) is 4.74 Å². The van der Waals surface area contributed by atoms with Crippen molar-refractivity contribution < 1.29 is 4.74 Å². The van der Waals surface area contributed by atoms with Gasteiger partial charge in [-0.05, 0) is 6.08 Å². The summed E-state index contributed by atoms with van der Waals surface area (Å²) in [6.07, 6.45) is 6.18. The van der Waals surface area contributed by atoms with E-state index in [9.17, 15) is 0 Å². The lowest BCUT2D eigenvalue weighted by Crippen LogP contribution is -1.60. The van der Waals surface area contributed by atoms with E-state index in [1.165, 1.54) is 0 Å². The van der Waals surface area contributed by atoms with Crippen LogP contribution in [0.15, 0.2) is 17.7 Å². The molecule has 1 heterocycles. The van der Waals surface area contributed by atoms with Crippen molar-refractivity contribution in [2.24, 2.45) is 0 Å². The Bertz CT molecular complexity index is 84.3. The zero-order valence-electron chi connectivity index (χ0n) is 3.76. The van der Waals surface area contributed by atoms with Gasteiger partial charge in [0, 0.05) is 11.2 Å². The zero-order valence-corrected chi connectivity index (χ0v) is 4.57. The van der Waals surface area contributed by atoms with E-state index in [0.29, 0.717) is 0 Å². The SMILES string of the molecule is [C]1=CSCC=CO1. The van der Waals surface area contributed by atoms with Gasteiger partial charge in [0.1, 0.15) is 0 Å². The fraction of sp³-hybridized carbons (Fsp3) is 0.200. The highest BCUT2D eigenvalue weighted by molar-refractivity contribution is 8.02. The van der Waals surface area contributed by atoms with Gasteiger partial charge in [-0.25, -0.2) is 0 Å². The highest BCUT2D eigenvalue weighted by atomic mass is 32.2. The quantitative estimate of drug-likeness (QED) is 0.471. The van der Waals surface area contributed by atoms with E-state index >= 15 is 0 Å². The standard InChI is InChI=1S/C5H5OS/c1-2-6-3-5-7-4-1/h1-2,5H,4H2. The fourth-order valence-corrected chi connectivity index (χ4v) is 0.702. The topological polar surface area (TPSA) is 9.23 Å². The molecule has 0 aromatic heterocycles. The summed E-state index contributed by atoms with van der Waals surface area (Å²) >= 11 is 1.67. The Morgan fingerprint density at radius 3 is 3.71 bits per heavy atom. The average molecular weight is 113 g/mol. The molecule has 0 amide bonds. The Balaban J connectivity index is 2.38. The Morgan fingerprint density at radius 1 is 1.71 bits per heavy atom. The van der Waals surface area contributed by atoms with Crippen LogP contribution in [0.25, 0.3) is 0 Å². The Kier molecular flexibility index (Phi) is 1.88. The van der Waals surface area contributed by atoms with Crippen molar-refractivity contribution >= 4 is 11.8 Å². The Morgan fingerprint density at radius 2 is 2.71 bits per heavy atom. The summed E-state index contributed by atoms with van der Waals surface area (Å²) in [7, 11) is 0. The van der Waals surface area contributed by atoms with Crippen LogP contribution in [0.2, 0.25) is 0 Å². The molecule has 0 saturated heterocycles. The van der Waals surface area contributed by atoms with E-state index in [1.54, 1.807) is 23.4 Å². The molecule has 1 nitrogen and oxygen atoms in total. The van der Waals surface area contributed by atoms with Crippen LogP contribution in [-0.4, -0.2) is 5.75 Å². The summed E-state index contributed by atoms with van der Waals surface area (Å²) in [5, 5.41) is 1.81. The fourth-order valence-electron chi connectivity index (χ4n) is 0.292. The van der Waals surface area contributed by atoms with Crippen molar-refractivity contribution in [3.05, 3.63) is 24.0 Å². The molecule has 0 aliphatic carbocycles. The summed E-state index contributed by atoms with van der Waals surface area (Å²) in [4.78, 5) is 0. The largest absolute Gasteiger partial charge is 0.461 e. The molecule has 0 aromatic rings. The molecule has 0 N–H and O–H groups in total. The third-order valence-corrected chi connectivity index (χ3v) is 1.20. The maximum atomic E-state index is 4.69. The minimum absolute atomic E-state index is 0.993. The van der Waals surface area contributed by atoms with Crippen LogP contribution in [0.5, 0.6) is 0 Å². The van der Waals surface area contributed by atoms with Crippen molar-refractivity contribution in [2.75, 3.05) is 5.75 Å². The highest BCUT2D eigenvalue weighted by Crippen LogP contribution is 2.04. The normalized spacial score (nSPS) is 18.3. The summed E-state index contributed by atoms with van der Waals surface area (Å²) < 4.78 is 4.69. The molecule has 1 aliphatic heterocycles. The second kappa shape index (κ2) is 2.75. The van der Waals surface area contributed by atoms with Crippen molar-refractivity contribution in [2.45, 2.75) is 0 Å². The minimum Gasteiger partial charge on any atom is -0.461 e. The first kappa shape index (κ1) is 4.78. The van der Waals surface area contributed by atoms with Crippen molar-refractivity contribution in [1.29, 1.82) is 0 Å². The van der Waals surface area contributed by atoms with Gasteiger partial charge in [0.2, 0.25) is 0 Å². The molecule has 0 unspecified atom stereocenters. The third-order valence-electron chi connectivity index (χ3n) is 0.556. The van der Waals surface area contributed by atoms with E-state index in [4.69, 9.17) is 0 Å². The molecule has 0 bridgehead atoms. The first-order valence-corrected chi connectivity index (χ1v) is 3.04. The van der Waals surface area contributed by atoms with Gasteiger partial charge in [-0.15, -0.1) is 11.8 Å². The van der Waals surface area contributed by atoms with Gasteiger partial charge in [0.05, 0.1) is 6.26 Å². The van der Waals surface area contributed by atoms with Crippen molar-refractivity contribution in [3.63, 3.8) is 0 Å². The van der Waals surface area contributed by atoms with Crippen molar-refractivity contribution in [1.82, 2.24) is 0 Å². The monoisotopic (exact) mass is 113 g/mol. The number of ether oxygens (including phenoxy) is 1. The maximum Gasteiger partial charge on any atom is 0.175 e. The highest BCUT2D eigenvalue weighted by Gasteiger charge is 1.80. The molecule has 1 radical (unpaired) electrons. The van der Waals surface area contributed by atoms with Crippen LogP contribution in [0, 0.1) is 6.26 Å². The predicted molar refractivity (Wildman–Crippen MR) is 30.5 cm³/mol. The zero-order chi connectivity index (χ0) is 4.95. The van der Waals surface area contributed by atoms with E-state index in [2.05, 4.69) is 11.0 Å². The molecule has 0 atom stereocenters. The lowest BCUT2D eigenvalue weighted by molar-refractivity contribution is 0.377. The first-order chi connectivity index (χ1) is 3.50. The van der Waals surface area contributed by atoms with Gasteiger partial charge >= 0.3 is 0 Å². The maximum absolute atomic E-state index is 4.69. The van der Waals surface area contributed by atoms with Gasteiger partial charge in [-0.3, -0.25) is 0 Å². The lowest BCUT2D eigenvalue weighted by atomic mass is 10.7. The molecular weight excluding hydrogens is 108 g/mol. The first-order valence-electron chi connectivity index (χ1n) is 1.99. The van der Waals surface area contributed by atoms with Crippen molar-refractivity contribution in [3.8, 4) is 0 Å². The van der Waals surface area contributed by atoms with E-state index in [0.717, 1.165) is 5.75 Å². The van der Waals surface area contributed by atoms with Gasteiger partial charge < -0.3 is 4.74 Å². The number of hydrogen-bond donors (Lipinski definition) is 0. The van der Waals surface area contributed by atoms with Crippen LogP contribution in [0.4, 0.5) is 0 Å². The summed E-state index contributed by atoms with van der Waals surface area (Å²) in [5.74, 6) is 0.993. The van der Waals surface area contributed by atoms with Crippen LogP contribution in [0.1, 0.15) is 0 Å². The van der Waals surface area contributed by atoms with E-state index in [1.807, 2.05) is 6.08 Å². The molecule has 0 saturated carbocycles. The van der Waals surface area contributed by atoms with E-state index in [-0.39, 0.29) is 0 Å². The number of thioether (sulfide) groups is 1. The van der Waals surface area contributed by atoms with Gasteiger partial charge in [-0.1, -0.05) is 0 Å². The molecule has 2 heteroatoms. The second-order valence-corrected chi connectivity index (χ2v) is 1.96. The third kappa shape index (κ3) is 1.69. The second-order valence-electron chi connectivity index (χ2n) is 1.06. The molecule has 0 aromatic carbocycles. The summed E-state index contributed by atoms with van der Waals surface area (Å²) in [6, 6.07) is 0. The smallest absolute Gasteiger partial charge is 0.175 e. The molecule has 37 valence electrons.